The largest absolute Gasteiger partial charge is 0.487 e. The fourth-order valence-corrected chi connectivity index (χ4v) is 1.98. The fraction of sp³-hybridized carbons (Fsp3) is 0.167. The highest BCUT2D eigenvalue weighted by molar-refractivity contribution is 5.99. The predicted molar refractivity (Wildman–Crippen MR) is 85.4 cm³/mol. The zero-order valence-corrected chi connectivity index (χ0v) is 12.1. The lowest BCUT2D eigenvalue weighted by Gasteiger charge is -2.12. The van der Waals surface area contributed by atoms with Gasteiger partial charge in [-0.15, -0.1) is 0 Å². The Morgan fingerprint density at radius 1 is 1.19 bits per heavy atom. The summed E-state index contributed by atoms with van der Waals surface area (Å²) >= 11 is 0. The van der Waals surface area contributed by atoms with Gasteiger partial charge in [0.25, 0.3) is 0 Å². The number of para-hydroxylation sites is 2. The van der Waals surface area contributed by atoms with E-state index in [0.717, 1.165) is 12.0 Å². The molecule has 108 valence electrons. The van der Waals surface area contributed by atoms with Gasteiger partial charge in [0.1, 0.15) is 12.4 Å². The van der Waals surface area contributed by atoms with Crippen molar-refractivity contribution in [3.05, 3.63) is 72.3 Å². The van der Waals surface area contributed by atoms with Crippen molar-refractivity contribution in [3.8, 4) is 5.75 Å². The summed E-state index contributed by atoms with van der Waals surface area (Å²) in [5, 5.41) is 2.74. The Hall–Kier alpha value is -2.55. The van der Waals surface area contributed by atoms with Crippen molar-refractivity contribution in [2.24, 2.45) is 0 Å². The van der Waals surface area contributed by atoms with E-state index >= 15 is 0 Å². The quantitative estimate of drug-likeness (QED) is 0.814. The Morgan fingerprint density at radius 2 is 1.95 bits per heavy atom. The Morgan fingerprint density at radius 3 is 2.71 bits per heavy atom. The molecule has 0 saturated heterocycles. The molecule has 0 unspecified atom stereocenters. The number of amides is 1. The zero-order valence-electron chi connectivity index (χ0n) is 12.1. The van der Waals surface area contributed by atoms with Crippen LogP contribution in [-0.2, 0) is 17.8 Å². The lowest BCUT2D eigenvalue weighted by Crippen LogP contribution is -2.09. The van der Waals surface area contributed by atoms with E-state index in [1.807, 2.05) is 30.3 Å². The van der Waals surface area contributed by atoms with Crippen LogP contribution in [-0.4, -0.2) is 5.91 Å². The van der Waals surface area contributed by atoms with Gasteiger partial charge in [0.15, 0.2) is 0 Å². The monoisotopic (exact) mass is 281 g/mol. The number of nitrogens with one attached hydrogen (secondary N) is 1. The molecular weight excluding hydrogens is 262 g/mol. The van der Waals surface area contributed by atoms with Crippen LogP contribution in [0.2, 0.25) is 0 Å². The van der Waals surface area contributed by atoms with Crippen molar-refractivity contribution in [3.63, 3.8) is 0 Å². The molecule has 0 heterocycles. The first kappa shape index (κ1) is 14.9. The third-order valence-corrected chi connectivity index (χ3v) is 3.12. The van der Waals surface area contributed by atoms with Gasteiger partial charge in [0.05, 0.1) is 5.69 Å². The summed E-state index contributed by atoms with van der Waals surface area (Å²) < 4.78 is 5.82. The van der Waals surface area contributed by atoms with Crippen LogP contribution in [0, 0.1) is 0 Å². The molecule has 0 spiro atoms. The molecular formula is C18H19NO2. The van der Waals surface area contributed by atoms with Crippen LogP contribution in [0.1, 0.15) is 18.1 Å². The molecule has 0 radical (unpaired) electrons. The number of rotatable bonds is 6. The summed E-state index contributed by atoms with van der Waals surface area (Å²) in [6.45, 7) is 6.04. The van der Waals surface area contributed by atoms with Gasteiger partial charge in [0, 0.05) is 0 Å². The number of hydrogen-bond donors (Lipinski definition) is 1. The van der Waals surface area contributed by atoms with Gasteiger partial charge < -0.3 is 10.1 Å². The van der Waals surface area contributed by atoms with E-state index in [9.17, 15) is 4.79 Å². The van der Waals surface area contributed by atoms with Gasteiger partial charge in [-0.1, -0.05) is 49.9 Å². The minimum atomic E-state index is -0.251. The smallest absolute Gasteiger partial charge is 0.247 e. The molecule has 21 heavy (non-hydrogen) atoms. The summed E-state index contributed by atoms with van der Waals surface area (Å²) in [5.41, 5.74) is 3.04. The van der Waals surface area contributed by atoms with Crippen LogP contribution in [0.4, 0.5) is 5.69 Å². The molecule has 0 aliphatic rings. The van der Waals surface area contributed by atoms with Crippen molar-refractivity contribution in [1.29, 1.82) is 0 Å². The standard InChI is InChI=1S/C18H19NO2/c1-3-14-8-7-9-15(12-14)13-21-17-11-6-5-10-16(17)19-18(20)4-2/h4-12H,2-3,13H2,1H3,(H,19,20). The summed E-state index contributed by atoms with van der Waals surface area (Å²) in [4.78, 5) is 11.4. The van der Waals surface area contributed by atoms with E-state index in [1.54, 1.807) is 6.07 Å². The third kappa shape index (κ3) is 4.21. The molecule has 0 bridgehead atoms. The summed E-state index contributed by atoms with van der Waals surface area (Å²) in [6, 6.07) is 15.7. The van der Waals surface area contributed by atoms with Crippen LogP contribution in [0.15, 0.2) is 61.2 Å². The second-order valence-corrected chi connectivity index (χ2v) is 4.65. The average Bonchev–Trinajstić information content (AvgIpc) is 2.54. The lowest BCUT2D eigenvalue weighted by molar-refractivity contribution is -0.111. The van der Waals surface area contributed by atoms with Gasteiger partial charge in [-0.05, 0) is 35.8 Å². The molecule has 0 atom stereocenters. The topological polar surface area (TPSA) is 38.3 Å². The minimum Gasteiger partial charge on any atom is -0.487 e. The fourth-order valence-electron chi connectivity index (χ4n) is 1.98. The number of carbonyl (C=O) groups excluding carboxylic acids is 1. The third-order valence-electron chi connectivity index (χ3n) is 3.12. The average molecular weight is 281 g/mol. The molecule has 0 fully saturated rings. The molecule has 1 amide bonds. The van der Waals surface area contributed by atoms with Gasteiger partial charge in [0.2, 0.25) is 5.91 Å². The minimum absolute atomic E-state index is 0.251. The second-order valence-electron chi connectivity index (χ2n) is 4.65. The van der Waals surface area contributed by atoms with Crippen LogP contribution >= 0.6 is 0 Å². The summed E-state index contributed by atoms with van der Waals surface area (Å²) in [5.74, 6) is 0.397. The van der Waals surface area contributed by atoms with Crippen molar-refractivity contribution in [1.82, 2.24) is 0 Å². The number of carbonyl (C=O) groups is 1. The van der Waals surface area contributed by atoms with Crippen molar-refractivity contribution >= 4 is 11.6 Å². The molecule has 0 aliphatic carbocycles. The lowest BCUT2D eigenvalue weighted by atomic mass is 10.1. The van der Waals surface area contributed by atoms with Crippen LogP contribution in [0.3, 0.4) is 0 Å². The number of aryl methyl sites for hydroxylation is 1. The van der Waals surface area contributed by atoms with E-state index in [2.05, 4.69) is 31.0 Å². The van der Waals surface area contributed by atoms with Gasteiger partial charge >= 0.3 is 0 Å². The molecule has 0 saturated carbocycles. The molecule has 0 aromatic heterocycles. The first-order valence-electron chi connectivity index (χ1n) is 6.96. The van der Waals surface area contributed by atoms with E-state index in [-0.39, 0.29) is 5.91 Å². The van der Waals surface area contributed by atoms with Crippen LogP contribution in [0.5, 0.6) is 5.75 Å². The second kappa shape index (κ2) is 7.29. The highest BCUT2D eigenvalue weighted by Gasteiger charge is 2.05. The van der Waals surface area contributed by atoms with Gasteiger partial charge in [-0.2, -0.15) is 0 Å². The van der Waals surface area contributed by atoms with Crippen molar-refractivity contribution in [2.45, 2.75) is 20.0 Å². The predicted octanol–water partition coefficient (Wildman–Crippen LogP) is 3.95. The van der Waals surface area contributed by atoms with Crippen LogP contribution < -0.4 is 10.1 Å². The van der Waals surface area contributed by atoms with E-state index in [1.165, 1.54) is 11.6 Å². The molecule has 0 aliphatic heterocycles. The Kier molecular flexibility index (Phi) is 5.16. The van der Waals surface area contributed by atoms with Gasteiger partial charge in [-0.25, -0.2) is 0 Å². The molecule has 2 aromatic carbocycles. The normalized spacial score (nSPS) is 9.95. The maximum absolute atomic E-state index is 11.4. The number of anilines is 1. The summed E-state index contributed by atoms with van der Waals surface area (Å²) in [7, 11) is 0. The maximum Gasteiger partial charge on any atom is 0.247 e. The molecule has 3 nitrogen and oxygen atoms in total. The molecule has 1 N–H and O–H groups in total. The number of hydrogen-bond acceptors (Lipinski definition) is 2. The Balaban J connectivity index is 2.08. The van der Waals surface area contributed by atoms with Crippen molar-refractivity contribution < 1.29 is 9.53 Å². The highest BCUT2D eigenvalue weighted by atomic mass is 16.5. The maximum atomic E-state index is 11.4. The van der Waals surface area contributed by atoms with E-state index in [0.29, 0.717) is 18.0 Å². The molecule has 3 heteroatoms. The molecule has 2 rings (SSSR count). The first-order valence-corrected chi connectivity index (χ1v) is 6.96. The Labute approximate surface area is 125 Å². The first-order chi connectivity index (χ1) is 10.2. The zero-order chi connectivity index (χ0) is 15.1. The van der Waals surface area contributed by atoms with Gasteiger partial charge in [-0.3, -0.25) is 4.79 Å². The number of benzene rings is 2. The summed E-state index contributed by atoms with van der Waals surface area (Å²) in [6.07, 6.45) is 2.24. The highest BCUT2D eigenvalue weighted by Crippen LogP contribution is 2.24. The number of ether oxygens (including phenoxy) is 1. The molecule has 2 aromatic rings. The Bertz CT molecular complexity index is 635. The van der Waals surface area contributed by atoms with E-state index < -0.39 is 0 Å². The van der Waals surface area contributed by atoms with Crippen LogP contribution in [0.25, 0.3) is 0 Å². The van der Waals surface area contributed by atoms with Crippen molar-refractivity contribution in [2.75, 3.05) is 5.32 Å². The SMILES string of the molecule is C=CC(=O)Nc1ccccc1OCc1cccc(CC)c1. The van der Waals surface area contributed by atoms with E-state index in [4.69, 9.17) is 4.74 Å².